The van der Waals surface area contributed by atoms with Crippen molar-refractivity contribution in [2.24, 2.45) is 0 Å². The third-order valence-electron chi connectivity index (χ3n) is 7.59. The Labute approximate surface area is 245 Å². The SMILES string of the molecule is COC[C@H](C)NC(=O)c1cn2ncnc(Nc3cc(C(=O)Nc4cccc(N5CCN(C)CC5)c4)ccc3C)c2c1C. The maximum Gasteiger partial charge on any atom is 0.255 e. The summed E-state index contributed by atoms with van der Waals surface area (Å²) in [6.45, 7) is 10.1. The lowest BCUT2D eigenvalue weighted by molar-refractivity contribution is 0.0904. The molecule has 0 aliphatic carbocycles. The van der Waals surface area contributed by atoms with Crippen LogP contribution in [0.5, 0.6) is 0 Å². The molecule has 3 N–H and O–H groups in total. The number of carbonyl (C=O) groups is 2. The third-order valence-corrected chi connectivity index (χ3v) is 7.59. The van der Waals surface area contributed by atoms with Crippen molar-refractivity contribution in [3.63, 3.8) is 0 Å². The van der Waals surface area contributed by atoms with Gasteiger partial charge < -0.3 is 30.5 Å². The molecule has 4 aromatic rings. The van der Waals surface area contributed by atoms with Crippen molar-refractivity contribution in [3.05, 3.63) is 77.2 Å². The number of piperazine rings is 1. The Kier molecular flexibility index (Phi) is 8.69. The minimum absolute atomic E-state index is 0.139. The standard InChI is InChI=1S/C31H38N8O3/c1-20-9-10-23(30(40)35-24-7-6-8-25(16-24)38-13-11-37(4)12-14-38)15-27(20)36-29-28-22(3)26(17-39(28)33-19-32-29)31(41)34-21(2)18-42-5/h6-10,15-17,19,21H,11-14,18H2,1-5H3,(H,34,41)(H,35,40)(H,32,33,36)/t21-/m0/s1. The molecule has 2 amide bonds. The molecule has 11 nitrogen and oxygen atoms in total. The van der Waals surface area contributed by atoms with Crippen molar-refractivity contribution in [1.29, 1.82) is 0 Å². The van der Waals surface area contributed by atoms with Crippen LogP contribution in [0.25, 0.3) is 5.52 Å². The van der Waals surface area contributed by atoms with E-state index in [9.17, 15) is 9.59 Å². The topological polar surface area (TPSA) is 116 Å². The van der Waals surface area contributed by atoms with Crippen molar-refractivity contribution >= 4 is 40.2 Å². The highest BCUT2D eigenvalue weighted by Crippen LogP contribution is 2.28. The van der Waals surface area contributed by atoms with Gasteiger partial charge in [0.1, 0.15) is 11.8 Å². The van der Waals surface area contributed by atoms with Gasteiger partial charge in [0.05, 0.1) is 12.2 Å². The first kappa shape index (κ1) is 29.0. The van der Waals surface area contributed by atoms with Crippen LogP contribution < -0.4 is 20.9 Å². The number of anilines is 4. The number of amides is 2. The predicted molar refractivity (Wildman–Crippen MR) is 165 cm³/mol. The Morgan fingerprint density at radius 2 is 1.83 bits per heavy atom. The van der Waals surface area contributed by atoms with E-state index >= 15 is 0 Å². The summed E-state index contributed by atoms with van der Waals surface area (Å²) >= 11 is 0. The monoisotopic (exact) mass is 570 g/mol. The molecule has 1 fully saturated rings. The number of fused-ring (bicyclic) bond motifs is 1. The summed E-state index contributed by atoms with van der Waals surface area (Å²) in [5.74, 6) is 0.122. The van der Waals surface area contributed by atoms with Gasteiger partial charge in [-0.2, -0.15) is 5.10 Å². The van der Waals surface area contributed by atoms with Gasteiger partial charge in [0, 0.05) is 68.2 Å². The van der Waals surface area contributed by atoms with E-state index in [0.29, 0.717) is 29.1 Å². The quantitative estimate of drug-likeness (QED) is 0.278. The number of carbonyl (C=O) groups excluding carboxylic acids is 2. The first-order valence-electron chi connectivity index (χ1n) is 14.1. The van der Waals surface area contributed by atoms with Crippen LogP contribution in [0.15, 0.2) is 55.0 Å². The van der Waals surface area contributed by atoms with Gasteiger partial charge in [-0.15, -0.1) is 0 Å². The van der Waals surface area contributed by atoms with Gasteiger partial charge in [0.25, 0.3) is 11.8 Å². The lowest BCUT2D eigenvalue weighted by Gasteiger charge is -2.34. The van der Waals surface area contributed by atoms with Crippen molar-refractivity contribution < 1.29 is 14.3 Å². The molecular formula is C31H38N8O3. The summed E-state index contributed by atoms with van der Waals surface area (Å²) in [4.78, 5) is 35.4. The number of methoxy groups -OCH3 is 1. The molecule has 0 radical (unpaired) electrons. The average Bonchev–Trinajstić information content (AvgIpc) is 3.32. The first-order valence-corrected chi connectivity index (χ1v) is 14.1. The highest BCUT2D eigenvalue weighted by molar-refractivity contribution is 6.05. The first-order chi connectivity index (χ1) is 20.2. The lowest BCUT2D eigenvalue weighted by Crippen LogP contribution is -2.44. The number of aryl methyl sites for hydroxylation is 2. The van der Waals surface area contributed by atoms with Gasteiger partial charge >= 0.3 is 0 Å². The number of benzene rings is 2. The van der Waals surface area contributed by atoms with Gasteiger partial charge in [0.2, 0.25) is 0 Å². The molecule has 0 unspecified atom stereocenters. The van der Waals surface area contributed by atoms with Crippen molar-refractivity contribution in [3.8, 4) is 0 Å². The minimum Gasteiger partial charge on any atom is -0.383 e. The van der Waals surface area contributed by atoms with Crippen LogP contribution in [0.1, 0.15) is 38.8 Å². The highest BCUT2D eigenvalue weighted by Gasteiger charge is 2.20. The molecule has 2 aromatic carbocycles. The summed E-state index contributed by atoms with van der Waals surface area (Å²) in [6, 6.07) is 13.4. The fraction of sp³-hybridized carbons (Fsp3) is 0.355. The average molecular weight is 571 g/mol. The Morgan fingerprint density at radius 1 is 1.05 bits per heavy atom. The minimum atomic E-state index is -0.208. The van der Waals surface area contributed by atoms with E-state index in [4.69, 9.17) is 4.74 Å². The molecule has 1 saturated heterocycles. The van der Waals surface area contributed by atoms with Gasteiger partial charge in [0.15, 0.2) is 5.82 Å². The summed E-state index contributed by atoms with van der Waals surface area (Å²) in [5.41, 5.74) is 5.96. The summed E-state index contributed by atoms with van der Waals surface area (Å²) in [5, 5.41) is 13.7. The number of nitrogens with one attached hydrogen (secondary N) is 3. The normalized spacial score (nSPS) is 14.5. The largest absolute Gasteiger partial charge is 0.383 e. The highest BCUT2D eigenvalue weighted by atomic mass is 16.5. The second kappa shape index (κ2) is 12.6. The van der Waals surface area contributed by atoms with Gasteiger partial charge in [-0.05, 0) is 69.3 Å². The third kappa shape index (κ3) is 6.37. The van der Waals surface area contributed by atoms with Crippen molar-refractivity contribution in [2.45, 2.75) is 26.8 Å². The Bertz CT molecular complexity index is 1590. The summed E-state index contributed by atoms with van der Waals surface area (Å²) in [7, 11) is 3.73. The van der Waals surface area contributed by atoms with Gasteiger partial charge in [-0.3, -0.25) is 9.59 Å². The van der Waals surface area contributed by atoms with Crippen LogP contribution in [-0.4, -0.2) is 84.3 Å². The summed E-state index contributed by atoms with van der Waals surface area (Å²) in [6.07, 6.45) is 3.13. The zero-order valence-corrected chi connectivity index (χ0v) is 24.8. The van der Waals surface area contributed by atoms with Crippen LogP contribution in [0.4, 0.5) is 22.9 Å². The number of hydrogen-bond acceptors (Lipinski definition) is 8. The fourth-order valence-corrected chi connectivity index (χ4v) is 5.15. The number of nitrogens with zero attached hydrogens (tertiary/aromatic N) is 5. The molecule has 0 spiro atoms. The number of aromatic nitrogens is 3. The zero-order valence-electron chi connectivity index (χ0n) is 24.8. The van der Waals surface area contributed by atoms with Crippen molar-refractivity contribution in [2.75, 3.05) is 62.5 Å². The molecule has 0 bridgehead atoms. The van der Waals surface area contributed by atoms with Crippen LogP contribution in [-0.2, 0) is 4.74 Å². The van der Waals surface area contributed by atoms with Crippen LogP contribution >= 0.6 is 0 Å². The van der Waals surface area contributed by atoms with Crippen LogP contribution in [0, 0.1) is 13.8 Å². The van der Waals surface area contributed by atoms with E-state index in [1.807, 2.05) is 57.2 Å². The molecule has 0 saturated carbocycles. The molecule has 42 heavy (non-hydrogen) atoms. The van der Waals surface area contributed by atoms with E-state index in [0.717, 1.165) is 54.4 Å². The van der Waals surface area contributed by atoms with E-state index in [1.54, 1.807) is 17.8 Å². The molecular weight excluding hydrogens is 532 g/mol. The van der Waals surface area contributed by atoms with E-state index in [1.165, 1.54) is 6.33 Å². The smallest absolute Gasteiger partial charge is 0.255 e. The number of likely N-dealkylation sites (N-methyl/N-ethyl adjacent to an activating group) is 1. The number of ether oxygens (including phenoxy) is 1. The van der Waals surface area contributed by atoms with Crippen LogP contribution in [0.2, 0.25) is 0 Å². The fourth-order valence-electron chi connectivity index (χ4n) is 5.15. The summed E-state index contributed by atoms with van der Waals surface area (Å²) < 4.78 is 6.77. The Balaban J connectivity index is 1.35. The number of rotatable bonds is 9. The predicted octanol–water partition coefficient (Wildman–Crippen LogP) is 3.86. The van der Waals surface area contributed by atoms with E-state index in [2.05, 4.69) is 48.9 Å². The van der Waals surface area contributed by atoms with Crippen molar-refractivity contribution in [1.82, 2.24) is 24.8 Å². The second-order valence-corrected chi connectivity index (χ2v) is 10.8. The maximum absolute atomic E-state index is 13.3. The molecule has 1 aliphatic rings. The van der Waals surface area contributed by atoms with Gasteiger partial charge in [-0.1, -0.05) is 12.1 Å². The molecule has 220 valence electrons. The molecule has 2 aromatic heterocycles. The van der Waals surface area contributed by atoms with Crippen LogP contribution in [0.3, 0.4) is 0 Å². The van der Waals surface area contributed by atoms with E-state index in [-0.39, 0.29) is 17.9 Å². The molecule has 1 atom stereocenters. The zero-order chi connectivity index (χ0) is 29.8. The molecule has 3 heterocycles. The van der Waals surface area contributed by atoms with Gasteiger partial charge in [-0.25, -0.2) is 9.50 Å². The number of hydrogen-bond donors (Lipinski definition) is 3. The molecule has 5 rings (SSSR count). The molecule has 11 heteroatoms. The lowest BCUT2D eigenvalue weighted by atomic mass is 10.1. The van der Waals surface area contributed by atoms with E-state index < -0.39 is 0 Å². The Morgan fingerprint density at radius 3 is 2.60 bits per heavy atom. The maximum atomic E-state index is 13.3. The second-order valence-electron chi connectivity index (χ2n) is 10.8. The Hall–Kier alpha value is -4.48. The molecule has 1 aliphatic heterocycles.